The molecule has 1 aliphatic heterocycles. The number of likely N-dealkylation sites (tertiary alicyclic amines) is 1. The molecule has 0 aromatic heterocycles. The number of benzene rings is 1. The minimum atomic E-state index is -2.99. The highest BCUT2D eigenvalue weighted by atomic mass is 35.5. The van der Waals surface area contributed by atoms with E-state index in [-0.39, 0.29) is 23.4 Å². The van der Waals surface area contributed by atoms with Crippen LogP contribution in [0.25, 0.3) is 0 Å². The quantitative estimate of drug-likeness (QED) is 0.896. The molecule has 2 rings (SSSR count). The molecule has 5 nitrogen and oxygen atoms in total. The van der Waals surface area contributed by atoms with Crippen molar-refractivity contribution in [2.45, 2.75) is 25.5 Å². The van der Waals surface area contributed by atoms with E-state index in [1.54, 1.807) is 0 Å². The van der Waals surface area contributed by atoms with Crippen LogP contribution in [0.5, 0.6) is 5.75 Å². The summed E-state index contributed by atoms with van der Waals surface area (Å²) in [5, 5.41) is 11.8. The van der Waals surface area contributed by atoms with E-state index < -0.39 is 12.6 Å². The zero-order valence-corrected chi connectivity index (χ0v) is 11.8. The third-order valence-electron chi connectivity index (χ3n) is 3.25. The van der Waals surface area contributed by atoms with Gasteiger partial charge in [0.2, 0.25) is 0 Å². The summed E-state index contributed by atoms with van der Waals surface area (Å²) in [6, 6.07) is 3.48. The van der Waals surface area contributed by atoms with Crippen LogP contribution >= 0.6 is 11.6 Å². The molecule has 0 spiro atoms. The Labute approximate surface area is 125 Å². The van der Waals surface area contributed by atoms with Gasteiger partial charge in [0.05, 0.1) is 17.7 Å². The summed E-state index contributed by atoms with van der Waals surface area (Å²) >= 11 is 5.74. The molecular weight excluding hydrogens is 306 g/mol. The zero-order chi connectivity index (χ0) is 15.4. The topological polar surface area (TPSA) is 61.8 Å². The van der Waals surface area contributed by atoms with Gasteiger partial charge in [0.25, 0.3) is 0 Å². The number of hydrogen-bond acceptors (Lipinski definition) is 3. The van der Waals surface area contributed by atoms with E-state index in [0.29, 0.717) is 12.2 Å². The monoisotopic (exact) mass is 320 g/mol. The number of alkyl halides is 2. The van der Waals surface area contributed by atoms with E-state index in [2.05, 4.69) is 10.1 Å². The van der Waals surface area contributed by atoms with E-state index in [1.807, 2.05) is 0 Å². The van der Waals surface area contributed by atoms with Crippen LogP contribution < -0.4 is 10.1 Å². The Morgan fingerprint density at radius 2 is 2.33 bits per heavy atom. The molecule has 8 heteroatoms. The lowest BCUT2D eigenvalue weighted by Gasteiger charge is -2.23. The molecule has 0 radical (unpaired) electrons. The van der Waals surface area contributed by atoms with Gasteiger partial charge in [0, 0.05) is 18.3 Å². The highest BCUT2D eigenvalue weighted by Gasteiger charge is 2.28. The summed E-state index contributed by atoms with van der Waals surface area (Å²) in [4.78, 5) is 13.6. The van der Waals surface area contributed by atoms with Crippen LogP contribution in [0.1, 0.15) is 12.8 Å². The molecule has 2 N–H and O–H groups in total. The summed E-state index contributed by atoms with van der Waals surface area (Å²) in [6.07, 6.45) is 1.56. The number of ether oxygens (including phenoxy) is 1. The van der Waals surface area contributed by atoms with Gasteiger partial charge < -0.3 is 20.1 Å². The molecule has 0 unspecified atom stereocenters. The Bertz CT molecular complexity index is 516. The van der Waals surface area contributed by atoms with Gasteiger partial charge in [-0.15, -0.1) is 0 Å². The van der Waals surface area contributed by atoms with Crippen molar-refractivity contribution >= 4 is 23.3 Å². The predicted octanol–water partition coefficient (Wildman–Crippen LogP) is 2.93. The van der Waals surface area contributed by atoms with Crippen LogP contribution in [0, 0.1) is 0 Å². The molecule has 21 heavy (non-hydrogen) atoms. The van der Waals surface area contributed by atoms with Gasteiger partial charge in [-0.25, -0.2) is 4.79 Å². The first-order chi connectivity index (χ1) is 10.0. The van der Waals surface area contributed by atoms with Crippen molar-refractivity contribution in [1.82, 2.24) is 4.90 Å². The molecule has 1 fully saturated rings. The Morgan fingerprint density at radius 1 is 1.57 bits per heavy atom. The number of nitrogens with one attached hydrogen (secondary N) is 1. The number of amides is 2. The summed E-state index contributed by atoms with van der Waals surface area (Å²) < 4.78 is 28.7. The van der Waals surface area contributed by atoms with Crippen molar-refractivity contribution in [3.8, 4) is 5.75 Å². The smallest absolute Gasteiger partial charge is 0.387 e. The fourth-order valence-electron chi connectivity index (χ4n) is 2.26. The summed E-state index contributed by atoms with van der Waals surface area (Å²) in [5.41, 5.74) is 0.295. The maximum atomic E-state index is 12.2. The molecule has 1 aliphatic rings. The van der Waals surface area contributed by atoms with Crippen LogP contribution in [-0.2, 0) is 0 Å². The molecule has 1 saturated heterocycles. The lowest BCUT2D eigenvalue weighted by molar-refractivity contribution is -0.0497. The van der Waals surface area contributed by atoms with E-state index in [0.717, 1.165) is 12.8 Å². The third-order valence-corrected chi connectivity index (χ3v) is 3.56. The van der Waals surface area contributed by atoms with E-state index in [9.17, 15) is 18.7 Å². The highest BCUT2D eigenvalue weighted by molar-refractivity contribution is 6.32. The number of anilines is 1. The van der Waals surface area contributed by atoms with E-state index in [4.69, 9.17) is 11.6 Å². The average Bonchev–Trinajstić information content (AvgIpc) is 2.90. The van der Waals surface area contributed by atoms with Crippen LogP contribution in [0.3, 0.4) is 0 Å². The van der Waals surface area contributed by atoms with Crippen LogP contribution in [-0.4, -0.2) is 41.8 Å². The van der Waals surface area contributed by atoms with Gasteiger partial charge in [0.1, 0.15) is 5.75 Å². The molecule has 0 aliphatic carbocycles. The summed E-state index contributed by atoms with van der Waals surface area (Å²) in [5.74, 6) is -0.204. The van der Waals surface area contributed by atoms with Gasteiger partial charge >= 0.3 is 12.6 Å². The van der Waals surface area contributed by atoms with Crippen molar-refractivity contribution in [3.63, 3.8) is 0 Å². The van der Waals surface area contributed by atoms with Crippen molar-refractivity contribution < 1.29 is 23.4 Å². The number of halogens is 3. The van der Waals surface area contributed by atoms with Gasteiger partial charge in [-0.1, -0.05) is 11.6 Å². The second-order valence-corrected chi connectivity index (χ2v) is 5.03. The Kier molecular flexibility index (Phi) is 5.19. The molecule has 2 amide bonds. The third kappa shape index (κ3) is 3.95. The number of urea groups is 1. The number of carbonyl (C=O) groups excluding carboxylic acids is 1. The summed E-state index contributed by atoms with van der Waals surface area (Å²) in [7, 11) is 0. The normalized spacial score (nSPS) is 18.1. The standard InChI is InChI=1S/C13H15ClF2N2O3/c14-10-4-3-8(6-11(10)21-12(15)16)17-13(20)18-5-1-2-9(18)7-19/h3-4,6,9,12,19H,1-2,5,7H2,(H,17,20)/t9-/m1/s1. The summed E-state index contributed by atoms with van der Waals surface area (Å²) in [6.45, 7) is -2.55. The number of carbonyl (C=O) groups is 1. The molecule has 0 saturated carbocycles. The SMILES string of the molecule is O=C(Nc1ccc(Cl)c(OC(F)F)c1)N1CCC[C@@H]1CO. The van der Waals surface area contributed by atoms with Crippen LogP contribution in [0.4, 0.5) is 19.3 Å². The average molecular weight is 321 g/mol. The first kappa shape index (κ1) is 15.8. The van der Waals surface area contributed by atoms with Crippen LogP contribution in [0.15, 0.2) is 18.2 Å². The molecule has 1 aromatic rings. The largest absolute Gasteiger partial charge is 0.433 e. The van der Waals surface area contributed by atoms with Crippen molar-refractivity contribution in [2.75, 3.05) is 18.5 Å². The molecule has 1 heterocycles. The lowest BCUT2D eigenvalue weighted by Crippen LogP contribution is -2.40. The van der Waals surface area contributed by atoms with Crippen LogP contribution in [0.2, 0.25) is 5.02 Å². The van der Waals surface area contributed by atoms with Crippen molar-refractivity contribution in [3.05, 3.63) is 23.2 Å². The molecular formula is C13H15ClF2N2O3. The maximum Gasteiger partial charge on any atom is 0.387 e. The molecule has 116 valence electrons. The predicted molar refractivity (Wildman–Crippen MR) is 73.9 cm³/mol. The molecule has 0 bridgehead atoms. The van der Waals surface area contributed by atoms with Crippen molar-refractivity contribution in [2.24, 2.45) is 0 Å². The zero-order valence-electron chi connectivity index (χ0n) is 11.1. The maximum absolute atomic E-state index is 12.2. The fourth-order valence-corrected chi connectivity index (χ4v) is 2.42. The second kappa shape index (κ2) is 6.91. The van der Waals surface area contributed by atoms with E-state index >= 15 is 0 Å². The van der Waals surface area contributed by atoms with Gasteiger partial charge in [-0.3, -0.25) is 0 Å². The Hall–Kier alpha value is -1.60. The highest BCUT2D eigenvalue weighted by Crippen LogP contribution is 2.29. The molecule has 1 aromatic carbocycles. The number of aliphatic hydroxyl groups excluding tert-OH is 1. The fraction of sp³-hybridized carbons (Fsp3) is 0.462. The van der Waals surface area contributed by atoms with Gasteiger partial charge in [-0.2, -0.15) is 8.78 Å². The minimum absolute atomic E-state index is 0.0303. The number of rotatable bonds is 4. The number of hydrogen-bond donors (Lipinski definition) is 2. The second-order valence-electron chi connectivity index (χ2n) is 4.63. The van der Waals surface area contributed by atoms with Gasteiger partial charge in [0.15, 0.2) is 0 Å². The number of aliphatic hydroxyl groups is 1. The first-order valence-corrected chi connectivity index (χ1v) is 6.82. The van der Waals surface area contributed by atoms with Gasteiger partial charge in [-0.05, 0) is 25.0 Å². The van der Waals surface area contributed by atoms with E-state index in [1.165, 1.54) is 23.1 Å². The molecule has 1 atom stereocenters. The first-order valence-electron chi connectivity index (χ1n) is 6.44. The Balaban J connectivity index is 2.07. The lowest BCUT2D eigenvalue weighted by atomic mass is 10.2. The number of nitrogens with zero attached hydrogens (tertiary/aromatic N) is 1. The minimum Gasteiger partial charge on any atom is -0.433 e. The van der Waals surface area contributed by atoms with Crippen molar-refractivity contribution in [1.29, 1.82) is 0 Å². The Morgan fingerprint density at radius 3 is 3.00 bits per heavy atom.